The number of anilines is 1. The number of hydrogen-bond acceptors (Lipinski definition) is 11. The number of nitrogens with one attached hydrogen (secondary N) is 3. The van der Waals surface area contributed by atoms with Crippen molar-refractivity contribution in [2.75, 3.05) is 30.2 Å². The SMILES string of the molecule is Cc1oc2nc1C(=O)N[C@H](C)c1nc(cs1)C(=O)N[C@H](Cc1ccccc1)CN(C(=O)CN(c1cccc(F)c1)S(C)(=O)=O)CC(=O)N[C@H]2C(C)C.O=CO. The first kappa shape index (κ1) is 42.1. The number of thiazole rings is 1. The average molecular weight is 800 g/mol. The summed E-state index contributed by atoms with van der Waals surface area (Å²) in [6.45, 7) is 5.13. The third-order valence-corrected chi connectivity index (χ3v) is 10.5. The van der Waals surface area contributed by atoms with E-state index in [-0.39, 0.29) is 54.1 Å². The van der Waals surface area contributed by atoms with Gasteiger partial charge in [-0.2, -0.15) is 0 Å². The molecule has 16 nitrogen and oxygen atoms in total. The summed E-state index contributed by atoms with van der Waals surface area (Å²) in [7, 11) is -4.11. The van der Waals surface area contributed by atoms with Crippen molar-refractivity contribution in [2.24, 2.45) is 5.92 Å². The second-order valence-corrected chi connectivity index (χ2v) is 15.8. The Kier molecular flexibility index (Phi) is 14.2. The van der Waals surface area contributed by atoms with Crippen molar-refractivity contribution in [1.82, 2.24) is 30.8 Å². The highest BCUT2D eigenvalue weighted by Gasteiger charge is 2.32. The van der Waals surface area contributed by atoms with Gasteiger partial charge in [0.15, 0.2) is 5.69 Å². The average Bonchev–Trinajstić information content (AvgIpc) is 3.76. The van der Waals surface area contributed by atoms with Crippen LogP contribution in [0.4, 0.5) is 10.1 Å². The van der Waals surface area contributed by atoms with Crippen molar-refractivity contribution in [3.05, 3.63) is 99.4 Å². The second-order valence-electron chi connectivity index (χ2n) is 13.0. The third kappa shape index (κ3) is 11.4. The molecule has 2 aromatic heterocycles. The maximum atomic E-state index is 14.2. The summed E-state index contributed by atoms with van der Waals surface area (Å²) in [5, 5.41) is 17.5. The lowest BCUT2D eigenvalue weighted by atomic mass is 10.0. The minimum Gasteiger partial charge on any atom is -0.483 e. The Bertz CT molecular complexity index is 2110. The van der Waals surface area contributed by atoms with Crippen LogP contribution in [-0.2, 0) is 30.8 Å². The zero-order valence-corrected chi connectivity index (χ0v) is 32.3. The molecule has 0 unspecified atom stereocenters. The molecule has 1 aliphatic rings. The van der Waals surface area contributed by atoms with Gasteiger partial charge in [-0.1, -0.05) is 50.2 Å². The molecule has 2 aromatic carbocycles. The van der Waals surface area contributed by atoms with Gasteiger partial charge in [-0.15, -0.1) is 11.3 Å². The molecule has 4 amide bonds. The van der Waals surface area contributed by atoms with Crippen LogP contribution in [0.25, 0.3) is 0 Å². The van der Waals surface area contributed by atoms with Crippen LogP contribution in [0, 0.1) is 18.7 Å². The molecule has 55 heavy (non-hydrogen) atoms. The van der Waals surface area contributed by atoms with Crippen molar-refractivity contribution in [1.29, 1.82) is 0 Å². The summed E-state index contributed by atoms with van der Waals surface area (Å²) >= 11 is 1.18. The second kappa shape index (κ2) is 18.6. The number of aromatic nitrogens is 2. The summed E-state index contributed by atoms with van der Waals surface area (Å²) < 4.78 is 46.7. The summed E-state index contributed by atoms with van der Waals surface area (Å²) in [4.78, 5) is 73.2. The van der Waals surface area contributed by atoms with Gasteiger partial charge in [0.2, 0.25) is 27.7 Å². The lowest BCUT2D eigenvalue weighted by Gasteiger charge is -2.31. The van der Waals surface area contributed by atoms with Gasteiger partial charge in [0.05, 0.1) is 30.6 Å². The maximum absolute atomic E-state index is 14.2. The van der Waals surface area contributed by atoms with Crippen molar-refractivity contribution in [2.45, 2.75) is 52.2 Å². The van der Waals surface area contributed by atoms with Crippen LogP contribution in [0.2, 0.25) is 0 Å². The summed E-state index contributed by atoms with van der Waals surface area (Å²) in [5.74, 6) is -3.22. The van der Waals surface area contributed by atoms with Crippen LogP contribution in [-0.4, -0.2) is 90.4 Å². The number of fused-ring (bicyclic) bond motifs is 4. The van der Waals surface area contributed by atoms with E-state index in [1.54, 1.807) is 19.2 Å². The minimum atomic E-state index is -4.11. The number of aryl methyl sites for hydroxylation is 1. The molecule has 3 atom stereocenters. The molecule has 0 saturated carbocycles. The number of oxazole rings is 1. The van der Waals surface area contributed by atoms with Crippen LogP contribution in [0.3, 0.4) is 0 Å². The largest absolute Gasteiger partial charge is 0.483 e. The Morgan fingerprint density at radius 3 is 2.42 bits per heavy atom. The molecule has 19 heteroatoms. The lowest BCUT2D eigenvalue weighted by Crippen LogP contribution is -2.52. The number of hydrogen-bond donors (Lipinski definition) is 4. The normalized spacial score (nSPS) is 18.1. The van der Waals surface area contributed by atoms with Gasteiger partial charge in [0.1, 0.15) is 34.9 Å². The first-order chi connectivity index (χ1) is 26.0. The molecule has 5 rings (SSSR count). The molecular formula is C36H42FN7O9S2. The molecule has 1 aliphatic heterocycles. The standard InChI is InChI=1S/C35H40FN7O7S2.CH2O2/c1-20(2)30-34-41-31(22(4)50-34)33(47)37-21(3)35-39-27(19-51-35)32(46)38-25(14-23-10-7-6-8-11-23)16-42(17-28(44)40-30)29(45)18-43(52(5,48)49)26-13-9-12-24(36)15-26;2-1-3/h6-13,15,19-21,25,30H,14,16-18H2,1-5H3,(H,37,47)(H,38,46)(H,40,44);1H,(H,2,3)/t21-,25-,30+;/m1./s1. The van der Waals surface area contributed by atoms with E-state index in [1.807, 2.05) is 44.2 Å². The molecule has 4 aromatic rings. The molecular weight excluding hydrogens is 758 g/mol. The van der Waals surface area contributed by atoms with E-state index < -0.39 is 70.7 Å². The molecule has 4 N–H and O–H groups in total. The van der Waals surface area contributed by atoms with E-state index in [4.69, 9.17) is 14.3 Å². The number of sulfonamides is 1. The van der Waals surface area contributed by atoms with Crippen molar-refractivity contribution in [3.8, 4) is 0 Å². The Morgan fingerprint density at radius 2 is 1.78 bits per heavy atom. The topological polar surface area (TPSA) is 221 Å². The molecule has 0 radical (unpaired) electrons. The van der Waals surface area contributed by atoms with Gasteiger partial charge in [0, 0.05) is 11.9 Å². The van der Waals surface area contributed by atoms with Crippen LogP contribution in [0.5, 0.6) is 0 Å². The minimum absolute atomic E-state index is 0.0103. The van der Waals surface area contributed by atoms with E-state index >= 15 is 0 Å². The fourth-order valence-corrected chi connectivity index (χ4v) is 7.33. The highest BCUT2D eigenvalue weighted by Crippen LogP contribution is 2.25. The number of nitrogens with zero attached hydrogens (tertiary/aromatic N) is 4. The predicted octanol–water partition coefficient (Wildman–Crippen LogP) is 3.23. The number of amides is 4. The zero-order chi connectivity index (χ0) is 40.4. The molecule has 0 spiro atoms. The quantitative estimate of drug-likeness (QED) is 0.199. The summed E-state index contributed by atoms with van der Waals surface area (Å²) in [6, 6.07) is 11.8. The molecule has 0 aliphatic carbocycles. The monoisotopic (exact) mass is 799 g/mol. The van der Waals surface area contributed by atoms with Gasteiger partial charge >= 0.3 is 0 Å². The van der Waals surface area contributed by atoms with E-state index in [1.165, 1.54) is 23.5 Å². The van der Waals surface area contributed by atoms with Gasteiger partial charge in [0.25, 0.3) is 18.3 Å². The number of rotatable bonds is 7. The van der Waals surface area contributed by atoms with Crippen LogP contribution in [0.1, 0.15) is 76.1 Å². The number of benzene rings is 2. The van der Waals surface area contributed by atoms with Gasteiger partial charge in [-0.3, -0.25) is 28.3 Å². The highest BCUT2D eigenvalue weighted by molar-refractivity contribution is 7.92. The predicted molar refractivity (Wildman–Crippen MR) is 200 cm³/mol. The highest BCUT2D eigenvalue weighted by atomic mass is 32.2. The molecule has 4 bridgehead atoms. The van der Waals surface area contributed by atoms with Gasteiger partial charge < -0.3 is 30.4 Å². The molecule has 0 fully saturated rings. The summed E-state index contributed by atoms with van der Waals surface area (Å²) in [6.07, 6.45) is 1.12. The lowest BCUT2D eigenvalue weighted by molar-refractivity contribution is -0.135. The number of carboxylic acid groups (broad SMARTS) is 1. The Hall–Kier alpha value is -5.69. The van der Waals surface area contributed by atoms with E-state index in [2.05, 4.69) is 25.9 Å². The zero-order valence-electron chi connectivity index (χ0n) is 30.7. The van der Waals surface area contributed by atoms with E-state index in [0.29, 0.717) is 5.01 Å². The molecule has 294 valence electrons. The van der Waals surface area contributed by atoms with Gasteiger partial charge in [-0.05, 0) is 49.9 Å². The molecule has 3 heterocycles. The van der Waals surface area contributed by atoms with Crippen LogP contribution in [0.15, 0.2) is 64.4 Å². The van der Waals surface area contributed by atoms with E-state index in [9.17, 15) is 32.0 Å². The first-order valence-corrected chi connectivity index (χ1v) is 19.7. The van der Waals surface area contributed by atoms with Crippen molar-refractivity contribution >= 4 is 57.1 Å². The van der Waals surface area contributed by atoms with Crippen molar-refractivity contribution < 1.29 is 46.3 Å². The first-order valence-electron chi connectivity index (χ1n) is 17.0. The Balaban J connectivity index is 0.00000217. The number of carbonyl (C=O) groups is 5. The van der Waals surface area contributed by atoms with E-state index in [0.717, 1.165) is 33.2 Å². The molecule has 0 saturated heterocycles. The fourth-order valence-electron chi connectivity index (χ4n) is 5.68. The fraction of sp³-hybridized carbons (Fsp3) is 0.361. The number of carbonyl (C=O) groups excluding carboxylic acids is 4. The maximum Gasteiger partial charge on any atom is 0.290 e. The summed E-state index contributed by atoms with van der Waals surface area (Å²) in [5.41, 5.74) is 0.819. The smallest absolute Gasteiger partial charge is 0.290 e. The van der Waals surface area contributed by atoms with Gasteiger partial charge in [-0.25, -0.2) is 22.8 Å². The Morgan fingerprint density at radius 1 is 1.09 bits per heavy atom. The van der Waals surface area contributed by atoms with Crippen LogP contribution >= 0.6 is 11.3 Å². The van der Waals surface area contributed by atoms with Crippen LogP contribution < -0.4 is 20.3 Å². The number of halogens is 1. The third-order valence-electron chi connectivity index (χ3n) is 8.31. The van der Waals surface area contributed by atoms with Crippen molar-refractivity contribution in [3.63, 3.8) is 0 Å². The Labute approximate surface area is 321 Å².